The van der Waals surface area contributed by atoms with Crippen LogP contribution in [0.4, 0.5) is 0 Å². The lowest BCUT2D eigenvalue weighted by Crippen LogP contribution is -2.41. The van der Waals surface area contributed by atoms with Crippen LogP contribution in [0.5, 0.6) is 0 Å². The van der Waals surface area contributed by atoms with Crippen molar-refractivity contribution in [2.24, 2.45) is 13.0 Å². The molecule has 0 spiro atoms. The van der Waals surface area contributed by atoms with Gasteiger partial charge in [-0.3, -0.25) is 14.4 Å². The maximum atomic E-state index is 12.1. The number of aryl methyl sites for hydroxylation is 2. The standard InChI is InChI=1S/C16H26N4O/c1-4-5-8-20-9-6-7-14(12-20)11-17-16(21)15-10-13(2)19(3)18-15/h4-5,10,14H,6-9,11-12H2,1-3H3,(H,17,21)/b5-4+. The zero-order chi connectivity index (χ0) is 15.2. The van der Waals surface area contributed by atoms with Crippen LogP contribution in [0.1, 0.15) is 35.9 Å². The van der Waals surface area contributed by atoms with Gasteiger partial charge in [-0.2, -0.15) is 5.10 Å². The van der Waals surface area contributed by atoms with Gasteiger partial charge in [-0.25, -0.2) is 0 Å². The second-order valence-electron chi connectivity index (χ2n) is 5.84. The Kier molecular flexibility index (Phi) is 5.56. The number of allylic oxidation sites excluding steroid dienone is 1. The molecule has 21 heavy (non-hydrogen) atoms. The minimum atomic E-state index is -0.0655. The molecule has 0 bridgehead atoms. The Morgan fingerprint density at radius 2 is 2.38 bits per heavy atom. The Bertz CT molecular complexity index is 487. The summed E-state index contributed by atoms with van der Waals surface area (Å²) < 4.78 is 1.73. The van der Waals surface area contributed by atoms with Crippen LogP contribution < -0.4 is 5.32 Å². The van der Waals surface area contributed by atoms with Crippen molar-refractivity contribution in [2.75, 3.05) is 26.2 Å². The summed E-state index contributed by atoms with van der Waals surface area (Å²) in [5, 5.41) is 7.24. The molecule has 1 aromatic rings. The van der Waals surface area contributed by atoms with Gasteiger partial charge in [0.15, 0.2) is 0 Å². The minimum Gasteiger partial charge on any atom is -0.350 e. The van der Waals surface area contributed by atoms with Crippen LogP contribution in [0.3, 0.4) is 0 Å². The summed E-state index contributed by atoms with van der Waals surface area (Å²) in [5.41, 5.74) is 1.51. The third kappa shape index (κ3) is 4.43. The molecule has 2 rings (SSSR count). The molecule has 1 aliphatic heterocycles. The van der Waals surface area contributed by atoms with Gasteiger partial charge >= 0.3 is 0 Å². The topological polar surface area (TPSA) is 50.2 Å². The van der Waals surface area contributed by atoms with Gasteiger partial charge in [-0.1, -0.05) is 12.2 Å². The molecule has 0 aliphatic carbocycles. The summed E-state index contributed by atoms with van der Waals surface area (Å²) >= 11 is 0. The Labute approximate surface area is 127 Å². The van der Waals surface area contributed by atoms with E-state index in [4.69, 9.17) is 0 Å². The maximum absolute atomic E-state index is 12.1. The summed E-state index contributed by atoms with van der Waals surface area (Å²) in [5.74, 6) is 0.474. The van der Waals surface area contributed by atoms with Crippen molar-refractivity contribution < 1.29 is 4.79 Å². The van der Waals surface area contributed by atoms with Gasteiger partial charge in [-0.05, 0) is 45.2 Å². The van der Waals surface area contributed by atoms with Crippen LogP contribution in [0.15, 0.2) is 18.2 Å². The summed E-state index contributed by atoms with van der Waals surface area (Å²) in [6.07, 6.45) is 6.68. The maximum Gasteiger partial charge on any atom is 0.271 e. The van der Waals surface area contributed by atoms with E-state index in [1.807, 2.05) is 20.0 Å². The van der Waals surface area contributed by atoms with E-state index in [2.05, 4.69) is 34.4 Å². The zero-order valence-corrected chi connectivity index (χ0v) is 13.3. The van der Waals surface area contributed by atoms with Crippen molar-refractivity contribution in [1.82, 2.24) is 20.0 Å². The smallest absolute Gasteiger partial charge is 0.271 e. The SMILES string of the molecule is C/C=C/CN1CCCC(CNC(=O)c2cc(C)n(C)n2)C1. The molecule has 1 aromatic heterocycles. The second kappa shape index (κ2) is 7.41. The first-order valence-electron chi connectivity index (χ1n) is 7.72. The van der Waals surface area contributed by atoms with E-state index in [0.29, 0.717) is 11.6 Å². The molecule has 1 N–H and O–H groups in total. The van der Waals surface area contributed by atoms with E-state index in [-0.39, 0.29) is 5.91 Å². The second-order valence-corrected chi connectivity index (χ2v) is 5.84. The van der Waals surface area contributed by atoms with Gasteiger partial charge in [0, 0.05) is 32.4 Å². The molecular weight excluding hydrogens is 264 g/mol. The number of nitrogens with one attached hydrogen (secondary N) is 1. The number of rotatable bonds is 5. The molecule has 1 saturated heterocycles. The molecule has 0 saturated carbocycles. The largest absolute Gasteiger partial charge is 0.350 e. The van der Waals surface area contributed by atoms with Gasteiger partial charge in [0.2, 0.25) is 0 Å². The fraction of sp³-hybridized carbons (Fsp3) is 0.625. The van der Waals surface area contributed by atoms with Crippen LogP contribution in [-0.4, -0.2) is 46.8 Å². The zero-order valence-electron chi connectivity index (χ0n) is 13.3. The average Bonchev–Trinajstić information content (AvgIpc) is 2.83. The molecule has 1 amide bonds. The summed E-state index contributed by atoms with van der Waals surface area (Å²) in [7, 11) is 1.85. The predicted octanol–water partition coefficient (Wildman–Crippen LogP) is 1.75. The number of nitrogens with zero attached hydrogens (tertiary/aromatic N) is 3. The highest BCUT2D eigenvalue weighted by Gasteiger charge is 2.20. The third-order valence-corrected chi connectivity index (χ3v) is 4.10. The van der Waals surface area contributed by atoms with Gasteiger partial charge in [0.25, 0.3) is 5.91 Å². The summed E-state index contributed by atoms with van der Waals surface area (Å²) in [4.78, 5) is 14.5. The molecular formula is C16H26N4O. The first-order chi connectivity index (χ1) is 10.1. The molecule has 5 nitrogen and oxygen atoms in total. The lowest BCUT2D eigenvalue weighted by molar-refractivity contribution is 0.0929. The van der Waals surface area contributed by atoms with Crippen molar-refractivity contribution >= 4 is 5.91 Å². The molecule has 1 atom stereocenters. The van der Waals surface area contributed by atoms with E-state index in [0.717, 1.165) is 31.9 Å². The number of piperidine rings is 1. The van der Waals surface area contributed by atoms with Gasteiger partial charge in [-0.15, -0.1) is 0 Å². The normalized spacial score (nSPS) is 20.0. The Balaban J connectivity index is 1.80. The summed E-state index contributed by atoms with van der Waals surface area (Å²) in [6, 6.07) is 1.83. The highest BCUT2D eigenvalue weighted by Crippen LogP contribution is 2.15. The highest BCUT2D eigenvalue weighted by molar-refractivity contribution is 5.92. The Morgan fingerprint density at radius 3 is 3.05 bits per heavy atom. The molecule has 0 aromatic carbocycles. The average molecular weight is 290 g/mol. The Hall–Kier alpha value is -1.62. The Morgan fingerprint density at radius 1 is 1.57 bits per heavy atom. The number of amides is 1. The minimum absolute atomic E-state index is 0.0655. The van der Waals surface area contributed by atoms with Gasteiger partial charge < -0.3 is 5.32 Å². The van der Waals surface area contributed by atoms with Crippen molar-refractivity contribution in [3.63, 3.8) is 0 Å². The van der Waals surface area contributed by atoms with Crippen LogP contribution >= 0.6 is 0 Å². The molecule has 1 fully saturated rings. The van der Waals surface area contributed by atoms with Gasteiger partial charge in [0.05, 0.1) is 0 Å². The molecule has 1 aliphatic rings. The molecule has 116 valence electrons. The van der Waals surface area contributed by atoms with Crippen molar-refractivity contribution in [3.05, 3.63) is 29.6 Å². The predicted molar refractivity (Wildman–Crippen MR) is 84.3 cm³/mol. The van der Waals surface area contributed by atoms with Crippen LogP contribution in [0.2, 0.25) is 0 Å². The van der Waals surface area contributed by atoms with Crippen molar-refractivity contribution in [3.8, 4) is 0 Å². The van der Waals surface area contributed by atoms with E-state index in [1.165, 1.54) is 12.8 Å². The highest BCUT2D eigenvalue weighted by atomic mass is 16.1. The third-order valence-electron chi connectivity index (χ3n) is 4.10. The fourth-order valence-corrected chi connectivity index (χ4v) is 2.74. The molecule has 1 unspecified atom stereocenters. The fourth-order valence-electron chi connectivity index (χ4n) is 2.74. The number of likely N-dealkylation sites (tertiary alicyclic amines) is 1. The molecule has 5 heteroatoms. The lowest BCUT2D eigenvalue weighted by Gasteiger charge is -2.32. The first kappa shape index (κ1) is 15.8. The van der Waals surface area contributed by atoms with Crippen molar-refractivity contribution in [1.29, 1.82) is 0 Å². The van der Waals surface area contributed by atoms with E-state index < -0.39 is 0 Å². The van der Waals surface area contributed by atoms with E-state index in [1.54, 1.807) is 4.68 Å². The van der Waals surface area contributed by atoms with Crippen LogP contribution in [0.25, 0.3) is 0 Å². The number of carbonyl (C=O) groups is 1. The molecule has 0 radical (unpaired) electrons. The van der Waals surface area contributed by atoms with E-state index in [9.17, 15) is 4.79 Å². The van der Waals surface area contributed by atoms with Gasteiger partial charge in [0.1, 0.15) is 5.69 Å². The van der Waals surface area contributed by atoms with Crippen molar-refractivity contribution in [2.45, 2.75) is 26.7 Å². The number of aromatic nitrogens is 2. The van der Waals surface area contributed by atoms with Crippen LogP contribution in [-0.2, 0) is 7.05 Å². The lowest BCUT2D eigenvalue weighted by atomic mass is 9.98. The quantitative estimate of drug-likeness (QED) is 0.841. The first-order valence-corrected chi connectivity index (χ1v) is 7.72. The monoisotopic (exact) mass is 290 g/mol. The van der Waals surface area contributed by atoms with Crippen LogP contribution in [0, 0.1) is 12.8 Å². The molecule has 2 heterocycles. The number of hydrogen-bond donors (Lipinski definition) is 1. The summed E-state index contributed by atoms with van der Waals surface area (Å²) in [6.45, 7) is 7.97. The van der Waals surface area contributed by atoms with E-state index >= 15 is 0 Å². The number of carbonyl (C=O) groups excluding carboxylic acids is 1. The number of hydrogen-bond acceptors (Lipinski definition) is 3.